The maximum absolute atomic E-state index is 12.6. The van der Waals surface area contributed by atoms with Crippen LogP contribution in [-0.2, 0) is 4.74 Å². The molecule has 1 aliphatic rings. The molecule has 166 valence electrons. The van der Waals surface area contributed by atoms with Crippen LogP contribution in [-0.4, -0.2) is 31.8 Å². The molecule has 1 saturated carbocycles. The Labute approximate surface area is 181 Å². The summed E-state index contributed by atoms with van der Waals surface area (Å²) in [5, 5.41) is 14.6. The van der Waals surface area contributed by atoms with Crippen LogP contribution < -0.4 is 14.8 Å². The van der Waals surface area contributed by atoms with Gasteiger partial charge in [0.25, 0.3) is 5.69 Å². The van der Waals surface area contributed by atoms with E-state index in [9.17, 15) is 14.9 Å². The second-order valence-corrected chi connectivity index (χ2v) is 7.60. The summed E-state index contributed by atoms with van der Waals surface area (Å²) in [4.78, 5) is 23.9. The minimum Gasteiger partial charge on any atom is -0.493 e. The standard InChI is InChI=1S/C23H28N2O6/c1-29-20-13-18(19(25(27)28)14-21(20)30-2)22(17-11-7-4-8-12-17)31-23(26)24-15-16-9-5-3-6-10-16/h4,7-8,11-14,16,22H,3,5-6,9-10,15H2,1-2H3,(H,24,26). The van der Waals surface area contributed by atoms with E-state index in [1.165, 1.54) is 45.6 Å². The van der Waals surface area contributed by atoms with E-state index in [4.69, 9.17) is 14.2 Å². The van der Waals surface area contributed by atoms with Crippen LogP contribution in [0.3, 0.4) is 0 Å². The van der Waals surface area contributed by atoms with Gasteiger partial charge < -0.3 is 19.5 Å². The number of carbonyl (C=O) groups excluding carboxylic acids is 1. The largest absolute Gasteiger partial charge is 0.493 e. The number of nitrogens with zero attached hydrogens (tertiary/aromatic N) is 1. The van der Waals surface area contributed by atoms with E-state index in [-0.39, 0.29) is 17.0 Å². The Morgan fingerprint density at radius 2 is 1.74 bits per heavy atom. The molecule has 1 amide bonds. The first-order chi connectivity index (χ1) is 15.0. The highest BCUT2D eigenvalue weighted by Gasteiger charge is 2.30. The summed E-state index contributed by atoms with van der Waals surface area (Å²) in [6.07, 6.45) is 4.17. The zero-order valence-corrected chi connectivity index (χ0v) is 17.8. The average molecular weight is 428 g/mol. The molecule has 0 aliphatic heterocycles. The van der Waals surface area contributed by atoms with Crippen LogP contribution in [0, 0.1) is 16.0 Å². The van der Waals surface area contributed by atoms with Crippen molar-refractivity contribution in [2.24, 2.45) is 5.92 Å². The predicted molar refractivity (Wildman–Crippen MR) is 116 cm³/mol. The zero-order chi connectivity index (χ0) is 22.2. The lowest BCUT2D eigenvalue weighted by Gasteiger charge is -2.23. The van der Waals surface area contributed by atoms with Gasteiger partial charge in [-0.05, 0) is 30.4 Å². The lowest BCUT2D eigenvalue weighted by atomic mass is 9.89. The smallest absolute Gasteiger partial charge is 0.408 e. The van der Waals surface area contributed by atoms with E-state index in [1.807, 2.05) is 6.07 Å². The van der Waals surface area contributed by atoms with E-state index in [2.05, 4.69) is 5.32 Å². The highest BCUT2D eigenvalue weighted by atomic mass is 16.6. The molecular weight excluding hydrogens is 400 g/mol. The molecule has 2 aromatic carbocycles. The summed E-state index contributed by atoms with van der Waals surface area (Å²) in [5.74, 6) is 0.980. The Morgan fingerprint density at radius 1 is 1.10 bits per heavy atom. The topological polar surface area (TPSA) is 99.9 Å². The second-order valence-electron chi connectivity index (χ2n) is 7.60. The Bertz CT molecular complexity index is 896. The molecule has 0 heterocycles. The Morgan fingerprint density at radius 3 is 2.35 bits per heavy atom. The minimum atomic E-state index is -0.979. The van der Waals surface area contributed by atoms with Crippen LogP contribution in [0.25, 0.3) is 0 Å². The minimum absolute atomic E-state index is 0.210. The third-order valence-electron chi connectivity index (χ3n) is 5.60. The van der Waals surface area contributed by atoms with Crippen molar-refractivity contribution >= 4 is 11.8 Å². The van der Waals surface area contributed by atoms with Crippen molar-refractivity contribution in [1.29, 1.82) is 0 Å². The fraction of sp³-hybridized carbons (Fsp3) is 0.435. The lowest BCUT2D eigenvalue weighted by molar-refractivity contribution is -0.386. The first-order valence-corrected chi connectivity index (χ1v) is 10.4. The molecule has 2 aromatic rings. The molecule has 0 spiro atoms. The number of ether oxygens (including phenoxy) is 3. The van der Waals surface area contributed by atoms with Gasteiger partial charge in [0.1, 0.15) is 0 Å². The first-order valence-electron chi connectivity index (χ1n) is 10.4. The van der Waals surface area contributed by atoms with Gasteiger partial charge in [-0.1, -0.05) is 49.6 Å². The molecule has 0 saturated heterocycles. The highest BCUT2D eigenvalue weighted by molar-refractivity contribution is 5.69. The molecule has 0 bridgehead atoms. The first kappa shape index (κ1) is 22.4. The summed E-state index contributed by atoms with van der Waals surface area (Å²) >= 11 is 0. The van der Waals surface area contributed by atoms with E-state index in [1.54, 1.807) is 24.3 Å². The van der Waals surface area contributed by atoms with Crippen LogP contribution in [0.5, 0.6) is 11.5 Å². The fourth-order valence-corrected chi connectivity index (χ4v) is 3.96. The van der Waals surface area contributed by atoms with Crippen molar-refractivity contribution in [3.05, 3.63) is 63.7 Å². The number of hydrogen-bond donors (Lipinski definition) is 1. The van der Waals surface area contributed by atoms with Gasteiger partial charge in [-0.3, -0.25) is 10.1 Å². The maximum Gasteiger partial charge on any atom is 0.408 e. The summed E-state index contributed by atoms with van der Waals surface area (Å²) in [6, 6.07) is 11.7. The van der Waals surface area contributed by atoms with E-state index in [0.717, 1.165) is 12.8 Å². The van der Waals surface area contributed by atoms with Crippen molar-refractivity contribution in [2.45, 2.75) is 38.2 Å². The number of benzene rings is 2. The van der Waals surface area contributed by atoms with Crippen molar-refractivity contribution in [2.75, 3.05) is 20.8 Å². The van der Waals surface area contributed by atoms with E-state index >= 15 is 0 Å². The maximum atomic E-state index is 12.6. The number of nitro groups is 1. The quantitative estimate of drug-likeness (QED) is 0.469. The van der Waals surface area contributed by atoms with Gasteiger partial charge in [0.05, 0.1) is 30.8 Å². The molecule has 1 N–H and O–H groups in total. The van der Waals surface area contributed by atoms with Gasteiger partial charge >= 0.3 is 6.09 Å². The molecule has 31 heavy (non-hydrogen) atoms. The van der Waals surface area contributed by atoms with Crippen LogP contribution in [0.4, 0.5) is 10.5 Å². The number of methoxy groups -OCH3 is 2. The number of rotatable bonds is 8. The van der Waals surface area contributed by atoms with E-state index < -0.39 is 17.1 Å². The number of hydrogen-bond acceptors (Lipinski definition) is 6. The van der Waals surface area contributed by atoms with Crippen molar-refractivity contribution in [1.82, 2.24) is 5.32 Å². The molecule has 1 atom stereocenters. The third-order valence-corrected chi connectivity index (χ3v) is 5.60. The molecule has 1 unspecified atom stereocenters. The highest BCUT2D eigenvalue weighted by Crippen LogP contribution is 2.40. The fourth-order valence-electron chi connectivity index (χ4n) is 3.96. The SMILES string of the molecule is COc1cc(C(OC(=O)NCC2CCCCC2)c2ccccc2)c([N+](=O)[O-])cc1OC. The van der Waals surface area contributed by atoms with Crippen LogP contribution in [0.2, 0.25) is 0 Å². The molecular formula is C23H28N2O6. The number of nitro benzene ring substituents is 1. The molecule has 8 nitrogen and oxygen atoms in total. The number of nitrogens with one attached hydrogen (secondary N) is 1. The molecule has 0 aromatic heterocycles. The molecule has 3 rings (SSSR count). The Hall–Kier alpha value is -3.29. The van der Waals surface area contributed by atoms with Gasteiger partial charge in [-0.15, -0.1) is 0 Å². The van der Waals surface area contributed by atoms with Crippen LogP contribution in [0.15, 0.2) is 42.5 Å². The van der Waals surface area contributed by atoms with Crippen LogP contribution in [0.1, 0.15) is 49.3 Å². The van der Waals surface area contributed by atoms with Crippen molar-refractivity contribution in [3.8, 4) is 11.5 Å². The monoisotopic (exact) mass is 428 g/mol. The second kappa shape index (κ2) is 10.7. The summed E-state index contributed by atoms with van der Waals surface area (Å²) < 4.78 is 16.3. The number of amides is 1. The average Bonchev–Trinajstić information content (AvgIpc) is 2.81. The molecule has 1 fully saturated rings. The van der Waals surface area contributed by atoms with E-state index in [0.29, 0.717) is 23.8 Å². The number of carbonyl (C=O) groups is 1. The molecule has 1 aliphatic carbocycles. The number of alkyl carbamates (subject to hydrolysis) is 1. The molecule has 8 heteroatoms. The van der Waals surface area contributed by atoms with Gasteiger partial charge in [0.2, 0.25) is 0 Å². The van der Waals surface area contributed by atoms with Crippen molar-refractivity contribution < 1.29 is 23.9 Å². The summed E-state index contributed by atoms with van der Waals surface area (Å²) in [5.41, 5.74) is 0.610. The van der Waals surface area contributed by atoms with Crippen LogP contribution >= 0.6 is 0 Å². The molecule has 0 radical (unpaired) electrons. The lowest BCUT2D eigenvalue weighted by Crippen LogP contribution is -2.32. The Balaban J connectivity index is 1.90. The third kappa shape index (κ3) is 5.65. The summed E-state index contributed by atoms with van der Waals surface area (Å²) in [7, 11) is 2.86. The summed E-state index contributed by atoms with van der Waals surface area (Å²) in [6.45, 7) is 0.536. The zero-order valence-electron chi connectivity index (χ0n) is 17.8. The Kier molecular flexibility index (Phi) is 7.70. The van der Waals surface area contributed by atoms with Gasteiger partial charge in [0.15, 0.2) is 17.6 Å². The predicted octanol–water partition coefficient (Wildman–Crippen LogP) is 5.01. The van der Waals surface area contributed by atoms with Gasteiger partial charge in [0, 0.05) is 6.54 Å². The van der Waals surface area contributed by atoms with Crippen molar-refractivity contribution in [3.63, 3.8) is 0 Å². The van der Waals surface area contributed by atoms with Gasteiger partial charge in [-0.25, -0.2) is 4.79 Å². The van der Waals surface area contributed by atoms with Gasteiger partial charge in [-0.2, -0.15) is 0 Å². The normalized spacial score (nSPS) is 15.0.